The molecule has 1 aliphatic heterocycles. The molecule has 0 radical (unpaired) electrons. The molecule has 1 saturated carbocycles. The van der Waals surface area contributed by atoms with Gasteiger partial charge in [-0.1, -0.05) is 19.8 Å². The van der Waals surface area contributed by atoms with E-state index in [2.05, 4.69) is 24.5 Å². The summed E-state index contributed by atoms with van der Waals surface area (Å²) in [5, 5.41) is 7.49. The van der Waals surface area contributed by atoms with E-state index in [0.717, 1.165) is 6.54 Å². The highest BCUT2D eigenvalue weighted by Crippen LogP contribution is 2.32. The maximum atomic E-state index is 3.77. The lowest BCUT2D eigenvalue weighted by Gasteiger charge is -2.45. The van der Waals surface area contributed by atoms with Crippen molar-refractivity contribution in [1.82, 2.24) is 10.6 Å². The molecule has 1 unspecified atom stereocenters. The second kappa shape index (κ2) is 3.25. The lowest BCUT2D eigenvalue weighted by molar-refractivity contribution is 0.176. The van der Waals surface area contributed by atoms with E-state index in [0.29, 0.717) is 11.1 Å². The van der Waals surface area contributed by atoms with Crippen LogP contribution in [0.25, 0.3) is 0 Å². The summed E-state index contributed by atoms with van der Waals surface area (Å²) in [6.07, 6.45) is 6.80. The number of nitrogens with one attached hydrogen (secondary N) is 2. The molecule has 0 amide bonds. The predicted molar refractivity (Wildman–Crippen MR) is 55.9 cm³/mol. The van der Waals surface area contributed by atoms with Gasteiger partial charge in [0.25, 0.3) is 0 Å². The van der Waals surface area contributed by atoms with E-state index in [9.17, 15) is 0 Å². The fourth-order valence-corrected chi connectivity index (χ4v) is 2.55. The van der Waals surface area contributed by atoms with Gasteiger partial charge in [0.1, 0.15) is 0 Å². The number of hydrogen-bond acceptors (Lipinski definition) is 2. The Labute approximate surface area is 81.5 Å². The Hall–Kier alpha value is -0.0800. The van der Waals surface area contributed by atoms with Crippen molar-refractivity contribution >= 4 is 0 Å². The smallest absolute Gasteiger partial charge is 0.0307 e. The molecule has 2 heteroatoms. The van der Waals surface area contributed by atoms with E-state index in [4.69, 9.17) is 0 Å². The molecule has 0 bridgehead atoms. The summed E-state index contributed by atoms with van der Waals surface area (Å²) in [6, 6.07) is 0. The molecule has 0 aromatic carbocycles. The highest BCUT2D eigenvalue weighted by Gasteiger charge is 2.40. The van der Waals surface area contributed by atoms with Crippen LogP contribution < -0.4 is 10.6 Å². The largest absolute Gasteiger partial charge is 0.308 e. The fraction of sp³-hybridized carbons (Fsp3) is 1.00. The van der Waals surface area contributed by atoms with E-state index in [1.54, 1.807) is 0 Å². The van der Waals surface area contributed by atoms with Crippen LogP contribution in [-0.2, 0) is 0 Å². The van der Waals surface area contributed by atoms with Crippen molar-refractivity contribution in [2.45, 2.75) is 57.0 Å². The Morgan fingerprint density at radius 3 is 2.23 bits per heavy atom. The van der Waals surface area contributed by atoms with Crippen molar-refractivity contribution in [2.75, 3.05) is 13.1 Å². The van der Waals surface area contributed by atoms with Crippen molar-refractivity contribution in [3.63, 3.8) is 0 Å². The molecule has 13 heavy (non-hydrogen) atoms. The molecule has 1 spiro atoms. The van der Waals surface area contributed by atoms with Crippen LogP contribution in [0.4, 0.5) is 0 Å². The van der Waals surface area contributed by atoms with E-state index >= 15 is 0 Å². The average Bonchev–Trinajstić information content (AvgIpc) is 2.61. The Bertz CT molecular complexity index is 173. The summed E-state index contributed by atoms with van der Waals surface area (Å²) in [5.41, 5.74) is 0.808. The van der Waals surface area contributed by atoms with Crippen LogP contribution in [0, 0.1) is 0 Å². The van der Waals surface area contributed by atoms with Gasteiger partial charge in [-0.3, -0.25) is 0 Å². The molecular formula is C11H22N2. The van der Waals surface area contributed by atoms with Crippen LogP contribution in [0.3, 0.4) is 0 Å². The average molecular weight is 182 g/mol. The van der Waals surface area contributed by atoms with Crippen LogP contribution in [-0.4, -0.2) is 24.2 Å². The van der Waals surface area contributed by atoms with Gasteiger partial charge in [-0.2, -0.15) is 0 Å². The first-order valence-corrected chi connectivity index (χ1v) is 5.68. The molecule has 2 fully saturated rings. The number of rotatable bonds is 1. The van der Waals surface area contributed by atoms with E-state index < -0.39 is 0 Å². The van der Waals surface area contributed by atoms with Gasteiger partial charge in [0, 0.05) is 24.2 Å². The molecule has 2 rings (SSSR count). The standard InChI is InChI=1S/C11H22N2/c1-3-10(2)8-13-11(9-12-10)6-4-5-7-11/h12-13H,3-9H2,1-2H3. The number of piperazine rings is 1. The molecule has 1 aliphatic carbocycles. The van der Waals surface area contributed by atoms with Gasteiger partial charge in [-0.25, -0.2) is 0 Å². The highest BCUT2D eigenvalue weighted by atomic mass is 15.2. The monoisotopic (exact) mass is 182 g/mol. The van der Waals surface area contributed by atoms with Gasteiger partial charge in [-0.15, -0.1) is 0 Å². The van der Waals surface area contributed by atoms with E-state index in [-0.39, 0.29) is 0 Å². The zero-order valence-corrected chi connectivity index (χ0v) is 8.95. The van der Waals surface area contributed by atoms with Crippen LogP contribution in [0.5, 0.6) is 0 Å². The summed E-state index contributed by atoms with van der Waals surface area (Å²) in [6.45, 7) is 6.91. The topological polar surface area (TPSA) is 24.1 Å². The van der Waals surface area contributed by atoms with Gasteiger partial charge < -0.3 is 10.6 Å². The van der Waals surface area contributed by atoms with Crippen molar-refractivity contribution < 1.29 is 0 Å². The van der Waals surface area contributed by atoms with Crippen LogP contribution >= 0.6 is 0 Å². The first-order chi connectivity index (χ1) is 6.18. The summed E-state index contributed by atoms with van der Waals surface area (Å²) in [7, 11) is 0. The van der Waals surface area contributed by atoms with Gasteiger partial charge in [-0.05, 0) is 26.2 Å². The maximum absolute atomic E-state index is 3.77. The quantitative estimate of drug-likeness (QED) is 0.644. The Kier molecular flexibility index (Phi) is 2.37. The van der Waals surface area contributed by atoms with Gasteiger partial charge >= 0.3 is 0 Å². The van der Waals surface area contributed by atoms with Crippen molar-refractivity contribution in [1.29, 1.82) is 0 Å². The lowest BCUT2D eigenvalue weighted by Crippen LogP contribution is -2.66. The van der Waals surface area contributed by atoms with Gasteiger partial charge in [0.2, 0.25) is 0 Å². The zero-order valence-electron chi connectivity index (χ0n) is 8.95. The lowest BCUT2D eigenvalue weighted by atomic mass is 9.87. The van der Waals surface area contributed by atoms with Crippen LogP contribution in [0.1, 0.15) is 46.0 Å². The molecule has 0 aromatic rings. The summed E-state index contributed by atoms with van der Waals surface area (Å²) in [5.74, 6) is 0. The zero-order chi connectivity index (χ0) is 9.36. The molecule has 2 nitrogen and oxygen atoms in total. The minimum atomic E-state index is 0.341. The first kappa shape index (κ1) is 9.47. The predicted octanol–water partition coefficient (Wildman–Crippen LogP) is 1.66. The van der Waals surface area contributed by atoms with Gasteiger partial charge in [0.15, 0.2) is 0 Å². The third-order valence-electron chi connectivity index (χ3n) is 4.05. The maximum Gasteiger partial charge on any atom is 0.0307 e. The highest BCUT2D eigenvalue weighted by molar-refractivity contribution is 5.03. The van der Waals surface area contributed by atoms with Crippen molar-refractivity contribution in [2.24, 2.45) is 0 Å². The normalized spacial score (nSPS) is 38.3. The minimum Gasteiger partial charge on any atom is -0.308 e. The molecule has 1 atom stereocenters. The molecule has 1 heterocycles. The van der Waals surface area contributed by atoms with Crippen LogP contribution in [0.2, 0.25) is 0 Å². The van der Waals surface area contributed by atoms with Gasteiger partial charge in [0.05, 0.1) is 0 Å². The second-order valence-corrected chi connectivity index (χ2v) is 5.11. The number of hydrogen-bond donors (Lipinski definition) is 2. The second-order valence-electron chi connectivity index (χ2n) is 5.11. The molecular weight excluding hydrogens is 160 g/mol. The summed E-state index contributed by atoms with van der Waals surface area (Å²) < 4.78 is 0. The molecule has 76 valence electrons. The summed E-state index contributed by atoms with van der Waals surface area (Å²) in [4.78, 5) is 0. The summed E-state index contributed by atoms with van der Waals surface area (Å²) >= 11 is 0. The van der Waals surface area contributed by atoms with E-state index in [1.807, 2.05) is 0 Å². The Morgan fingerprint density at radius 1 is 1.08 bits per heavy atom. The molecule has 0 aromatic heterocycles. The van der Waals surface area contributed by atoms with E-state index in [1.165, 1.54) is 38.6 Å². The first-order valence-electron chi connectivity index (χ1n) is 5.68. The molecule has 2 N–H and O–H groups in total. The molecule has 1 saturated heterocycles. The third-order valence-corrected chi connectivity index (χ3v) is 4.05. The van der Waals surface area contributed by atoms with Crippen molar-refractivity contribution in [3.05, 3.63) is 0 Å². The molecule has 2 aliphatic rings. The minimum absolute atomic E-state index is 0.341. The fourth-order valence-electron chi connectivity index (χ4n) is 2.55. The SMILES string of the molecule is CCC1(C)CNC2(CCCC2)CN1. The third kappa shape index (κ3) is 1.75. The Balaban J connectivity index is 1.95. The Morgan fingerprint density at radius 2 is 1.77 bits per heavy atom. The van der Waals surface area contributed by atoms with Crippen LogP contribution in [0.15, 0.2) is 0 Å². The van der Waals surface area contributed by atoms with Crippen molar-refractivity contribution in [3.8, 4) is 0 Å².